The molecule has 3 fully saturated rings. The number of benzene rings is 2. The van der Waals surface area contributed by atoms with E-state index in [9.17, 15) is 33.9 Å². The SMILES string of the molecule is CCC(C)C(=O)OC[C@]12[C@H](OC(=O)c3ccccc3)[C@@H](OC(C)=O)[C@@H]3[C@@H](OC(C)=O)[C@]1(OC3(C)C)[C@@](C)(O)C[C@H](OC(=O)c1ccccc1)[C@@H]2OC(C)=O. The van der Waals surface area contributed by atoms with Gasteiger partial charge < -0.3 is 38.3 Å². The zero-order valence-electron chi connectivity index (χ0n) is 31.7. The molecule has 54 heavy (non-hydrogen) atoms. The number of rotatable bonds is 11. The quantitative estimate of drug-likeness (QED) is 0.255. The first-order valence-electron chi connectivity index (χ1n) is 18.0. The van der Waals surface area contributed by atoms with Crippen LogP contribution in [0, 0.1) is 17.3 Å². The minimum Gasteiger partial charge on any atom is -0.464 e. The molecule has 2 saturated carbocycles. The fraction of sp³-hybridized carbons (Fsp3) is 0.550. The highest BCUT2D eigenvalue weighted by atomic mass is 16.7. The lowest BCUT2D eigenvalue weighted by Crippen LogP contribution is -2.85. The highest BCUT2D eigenvalue weighted by Crippen LogP contribution is 2.69. The topological polar surface area (TPSA) is 187 Å². The summed E-state index contributed by atoms with van der Waals surface area (Å²) < 4.78 is 43.6. The molecular formula is C40H48O14. The monoisotopic (exact) mass is 752 g/mol. The molecule has 10 atom stereocenters. The zero-order valence-corrected chi connectivity index (χ0v) is 31.7. The van der Waals surface area contributed by atoms with Crippen molar-refractivity contribution in [2.75, 3.05) is 6.61 Å². The van der Waals surface area contributed by atoms with Crippen LogP contribution in [0.15, 0.2) is 60.7 Å². The summed E-state index contributed by atoms with van der Waals surface area (Å²) in [5.74, 6) is -6.82. The van der Waals surface area contributed by atoms with E-state index in [4.69, 9.17) is 33.2 Å². The van der Waals surface area contributed by atoms with Gasteiger partial charge in [0.15, 0.2) is 17.8 Å². The van der Waals surface area contributed by atoms with Gasteiger partial charge in [0.1, 0.15) is 30.3 Å². The van der Waals surface area contributed by atoms with Crippen LogP contribution in [0.4, 0.5) is 0 Å². The third-order valence-corrected chi connectivity index (χ3v) is 10.9. The number of carbonyl (C=O) groups is 6. The predicted octanol–water partition coefficient (Wildman–Crippen LogP) is 4.14. The number of ether oxygens (including phenoxy) is 7. The number of esters is 6. The molecule has 0 amide bonds. The zero-order chi connectivity index (χ0) is 39.8. The Morgan fingerprint density at radius 3 is 1.74 bits per heavy atom. The highest BCUT2D eigenvalue weighted by molar-refractivity contribution is 5.90. The van der Waals surface area contributed by atoms with Gasteiger partial charge in [0.25, 0.3) is 0 Å². The maximum absolute atomic E-state index is 14.2. The molecule has 1 unspecified atom stereocenters. The molecule has 0 radical (unpaired) electrons. The van der Waals surface area contributed by atoms with Crippen molar-refractivity contribution in [3.8, 4) is 0 Å². The van der Waals surface area contributed by atoms with E-state index in [1.54, 1.807) is 64.1 Å². The Balaban J connectivity index is 1.88. The Morgan fingerprint density at radius 1 is 0.741 bits per heavy atom. The Morgan fingerprint density at radius 2 is 1.24 bits per heavy atom. The number of carbonyl (C=O) groups excluding carboxylic acids is 6. The van der Waals surface area contributed by atoms with Crippen LogP contribution in [0.5, 0.6) is 0 Å². The summed E-state index contributed by atoms with van der Waals surface area (Å²) in [7, 11) is 0. The maximum atomic E-state index is 14.2. The number of hydrogen-bond acceptors (Lipinski definition) is 14. The Labute approximate surface area is 313 Å². The Bertz CT molecular complexity index is 1760. The van der Waals surface area contributed by atoms with E-state index in [0.29, 0.717) is 6.42 Å². The molecule has 1 N–H and O–H groups in total. The Hall–Kier alpha value is -4.82. The van der Waals surface area contributed by atoms with E-state index in [0.717, 1.165) is 20.8 Å². The molecule has 292 valence electrons. The van der Waals surface area contributed by atoms with Gasteiger partial charge in [-0.2, -0.15) is 0 Å². The predicted molar refractivity (Wildman–Crippen MR) is 187 cm³/mol. The van der Waals surface area contributed by atoms with Gasteiger partial charge in [-0.05, 0) is 51.5 Å². The molecule has 1 spiro atoms. The highest BCUT2D eigenvalue weighted by Gasteiger charge is 2.89. The molecule has 2 aromatic carbocycles. The van der Waals surface area contributed by atoms with Crippen LogP contribution in [0.1, 0.15) is 88.9 Å². The van der Waals surface area contributed by atoms with Crippen molar-refractivity contribution in [2.24, 2.45) is 17.3 Å². The van der Waals surface area contributed by atoms with Crippen LogP contribution in [0.3, 0.4) is 0 Å². The van der Waals surface area contributed by atoms with Crippen LogP contribution in [0.25, 0.3) is 0 Å². The van der Waals surface area contributed by atoms with Crippen LogP contribution in [-0.2, 0) is 52.3 Å². The van der Waals surface area contributed by atoms with Crippen molar-refractivity contribution in [1.29, 1.82) is 0 Å². The second kappa shape index (κ2) is 15.1. The second-order valence-corrected chi connectivity index (χ2v) is 15.0. The Kier molecular flexibility index (Phi) is 11.3. The molecule has 2 bridgehead atoms. The van der Waals surface area contributed by atoms with Crippen LogP contribution in [-0.4, -0.2) is 94.9 Å². The molecule has 1 aliphatic heterocycles. The summed E-state index contributed by atoms with van der Waals surface area (Å²) in [6.45, 7) is 10.5. The van der Waals surface area contributed by atoms with Crippen molar-refractivity contribution in [3.63, 3.8) is 0 Å². The molecule has 3 aliphatic rings. The first kappa shape index (κ1) is 40.4. The lowest BCUT2D eigenvalue weighted by Gasteiger charge is -2.66. The normalized spacial score (nSPS) is 32.5. The molecule has 14 nitrogen and oxygen atoms in total. The van der Waals surface area contributed by atoms with E-state index in [1.165, 1.54) is 31.2 Å². The summed E-state index contributed by atoms with van der Waals surface area (Å²) in [6.07, 6.45) is -8.24. The largest absolute Gasteiger partial charge is 0.464 e. The van der Waals surface area contributed by atoms with Crippen LogP contribution >= 0.6 is 0 Å². The summed E-state index contributed by atoms with van der Waals surface area (Å²) in [5, 5.41) is 13.0. The van der Waals surface area contributed by atoms with Crippen molar-refractivity contribution >= 4 is 35.8 Å². The van der Waals surface area contributed by atoms with Crippen LogP contribution < -0.4 is 0 Å². The van der Waals surface area contributed by atoms with Gasteiger partial charge in [0.05, 0.1) is 34.2 Å². The fourth-order valence-electron chi connectivity index (χ4n) is 8.66. The lowest BCUT2D eigenvalue weighted by atomic mass is 9.45. The van der Waals surface area contributed by atoms with E-state index < -0.39 is 113 Å². The van der Waals surface area contributed by atoms with Gasteiger partial charge >= 0.3 is 35.8 Å². The smallest absolute Gasteiger partial charge is 0.338 e. The van der Waals surface area contributed by atoms with Gasteiger partial charge in [-0.15, -0.1) is 0 Å². The van der Waals surface area contributed by atoms with Gasteiger partial charge in [0.2, 0.25) is 0 Å². The summed E-state index contributed by atoms with van der Waals surface area (Å²) >= 11 is 0. The third kappa shape index (κ3) is 6.97. The van der Waals surface area contributed by atoms with E-state index in [-0.39, 0.29) is 11.1 Å². The first-order valence-corrected chi connectivity index (χ1v) is 18.0. The molecule has 14 heteroatoms. The van der Waals surface area contributed by atoms with Crippen molar-refractivity contribution < 1.29 is 67.0 Å². The number of aliphatic hydroxyl groups is 1. The number of fused-ring (bicyclic) bond motifs is 1. The van der Waals surface area contributed by atoms with Crippen LogP contribution in [0.2, 0.25) is 0 Å². The molecular weight excluding hydrogens is 704 g/mol. The maximum Gasteiger partial charge on any atom is 0.338 e. The fourth-order valence-corrected chi connectivity index (χ4v) is 8.66. The molecule has 5 rings (SSSR count). The van der Waals surface area contributed by atoms with E-state index >= 15 is 0 Å². The van der Waals surface area contributed by atoms with Gasteiger partial charge in [-0.1, -0.05) is 50.2 Å². The molecule has 2 aromatic rings. The van der Waals surface area contributed by atoms with E-state index in [1.807, 2.05) is 0 Å². The molecule has 1 heterocycles. The summed E-state index contributed by atoms with van der Waals surface area (Å²) in [4.78, 5) is 80.9. The van der Waals surface area contributed by atoms with E-state index in [2.05, 4.69) is 0 Å². The lowest BCUT2D eigenvalue weighted by molar-refractivity contribution is -0.362. The first-order chi connectivity index (χ1) is 25.3. The molecule has 1 saturated heterocycles. The standard InChI is InChI=1S/C40H48O14/c1-9-22(2)34(44)48-21-39-31(50-24(4)42)28(52-35(45)26-16-12-10-13-17-26)20-38(8,47)40(39)32(51-25(5)43)29(37(6,7)54-40)30(49-23(3)41)33(39)53-36(46)27-18-14-11-15-19-27/h10-19,22,28-33,47H,9,20-21H2,1-8H3/t22?,28-,29+,30-,31-,32+,33+,38-,39-,40-/m0/s1. The molecule has 0 aromatic heterocycles. The molecule has 2 aliphatic carbocycles. The van der Waals surface area contributed by atoms with Crippen molar-refractivity contribution in [1.82, 2.24) is 0 Å². The summed E-state index contributed by atoms with van der Waals surface area (Å²) in [5.41, 5.74) is -8.03. The minimum absolute atomic E-state index is 0.0770. The summed E-state index contributed by atoms with van der Waals surface area (Å²) in [6, 6.07) is 15.8. The second-order valence-electron chi connectivity index (χ2n) is 15.0. The number of hydrogen-bond donors (Lipinski definition) is 1. The third-order valence-electron chi connectivity index (χ3n) is 10.9. The van der Waals surface area contributed by atoms with Gasteiger partial charge in [-0.3, -0.25) is 19.2 Å². The van der Waals surface area contributed by atoms with Crippen molar-refractivity contribution in [2.45, 2.75) is 116 Å². The van der Waals surface area contributed by atoms with Gasteiger partial charge in [0, 0.05) is 27.2 Å². The van der Waals surface area contributed by atoms with Gasteiger partial charge in [-0.25, -0.2) is 9.59 Å². The average Bonchev–Trinajstić information content (AvgIpc) is 3.31. The average molecular weight is 753 g/mol. The van der Waals surface area contributed by atoms with Crippen molar-refractivity contribution in [3.05, 3.63) is 71.8 Å². The minimum atomic E-state index is -2.32.